The van der Waals surface area contributed by atoms with Gasteiger partial charge >= 0.3 is 13.5 Å². The lowest BCUT2D eigenvalue weighted by Crippen LogP contribution is -2.11. The van der Waals surface area contributed by atoms with Crippen LogP contribution in [0.15, 0.2) is 23.5 Å². The second-order valence-corrected chi connectivity index (χ2v) is 5.91. The monoisotopic (exact) mass is 261 g/mol. The molecule has 1 heterocycles. The van der Waals surface area contributed by atoms with Crippen molar-refractivity contribution in [2.45, 2.75) is 51.8 Å². The Bertz CT molecular complexity index is 398. The van der Waals surface area contributed by atoms with Crippen molar-refractivity contribution in [2.24, 2.45) is 11.8 Å². The molecule has 1 aliphatic heterocycles. The molecule has 1 aliphatic carbocycles. The average molecular weight is 261 g/mol. The summed E-state index contributed by atoms with van der Waals surface area (Å²) in [6.45, 7) is 4.45. The standard InChI is InChI=1S/C15H22BO3/c1-10(2)5-3-4-6-11-12-9-13(12)16-19-14(11)7-8-15(17)18/h4,6,10,12-13H,3,5,7-9H2,1-2H3,(H,17,18)/b6-4-. The van der Waals surface area contributed by atoms with E-state index in [0.717, 1.165) is 24.5 Å². The van der Waals surface area contributed by atoms with Gasteiger partial charge in [-0.15, -0.1) is 0 Å². The van der Waals surface area contributed by atoms with Crippen LogP contribution in [0, 0.1) is 11.8 Å². The van der Waals surface area contributed by atoms with Crippen molar-refractivity contribution in [2.75, 3.05) is 0 Å². The second kappa shape index (κ2) is 6.31. The fraction of sp³-hybridized carbons (Fsp3) is 0.667. The number of aliphatic carboxylic acids is 1. The Morgan fingerprint density at radius 3 is 3.05 bits per heavy atom. The summed E-state index contributed by atoms with van der Waals surface area (Å²) in [5, 5.41) is 8.78. The van der Waals surface area contributed by atoms with Crippen LogP contribution in [0.1, 0.15) is 46.0 Å². The molecule has 1 N–H and O–H groups in total. The summed E-state index contributed by atoms with van der Waals surface area (Å²) >= 11 is 0. The summed E-state index contributed by atoms with van der Waals surface area (Å²) in [5.41, 5.74) is 1.23. The normalized spacial score (nSPS) is 25.2. The van der Waals surface area contributed by atoms with Crippen LogP contribution >= 0.6 is 0 Å². The van der Waals surface area contributed by atoms with Gasteiger partial charge in [0.1, 0.15) is 0 Å². The summed E-state index contributed by atoms with van der Waals surface area (Å²) in [6, 6.07) is 0. The summed E-state index contributed by atoms with van der Waals surface area (Å²) in [4.78, 5) is 10.7. The second-order valence-electron chi connectivity index (χ2n) is 5.91. The lowest BCUT2D eigenvalue weighted by molar-refractivity contribution is -0.137. The Morgan fingerprint density at radius 2 is 2.37 bits per heavy atom. The molecule has 0 aromatic heterocycles. The first-order valence-corrected chi connectivity index (χ1v) is 7.19. The Kier molecular flexibility index (Phi) is 4.73. The predicted octanol–water partition coefficient (Wildman–Crippen LogP) is 3.56. The van der Waals surface area contributed by atoms with Crippen LogP contribution in [-0.4, -0.2) is 18.6 Å². The number of fused-ring (bicyclic) bond motifs is 1. The van der Waals surface area contributed by atoms with Crippen LogP contribution in [0.25, 0.3) is 0 Å². The predicted molar refractivity (Wildman–Crippen MR) is 75.8 cm³/mol. The number of carboxylic acid groups (broad SMARTS) is 1. The first-order valence-electron chi connectivity index (χ1n) is 7.19. The van der Waals surface area contributed by atoms with E-state index in [0.29, 0.717) is 18.2 Å². The van der Waals surface area contributed by atoms with E-state index >= 15 is 0 Å². The molecule has 0 spiro atoms. The Labute approximate surface area is 116 Å². The molecule has 1 saturated carbocycles. The van der Waals surface area contributed by atoms with E-state index in [2.05, 4.69) is 26.0 Å². The zero-order chi connectivity index (χ0) is 13.8. The zero-order valence-corrected chi connectivity index (χ0v) is 11.8. The molecule has 2 rings (SSSR count). The SMILES string of the molecule is CC(C)CC/C=C\C1=C(CCC(=O)O)O[B]C2CC12. The summed E-state index contributed by atoms with van der Waals surface area (Å²) < 4.78 is 5.61. The molecule has 1 fully saturated rings. The Balaban J connectivity index is 1.96. The molecule has 103 valence electrons. The molecule has 0 amide bonds. The molecule has 0 bridgehead atoms. The van der Waals surface area contributed by atoms with Gasteiger partial charge in [0.15, 0.2) is 0 Å². The first-order chi connectivity index (χ1) is 9.08. The lowest BCUT2D eigenvalue weighted by atomic mass is 9.84. The highest BCUT2D eigenvalue weighted by atomic mass is 16.4. The highest BCUT2D eigenvalue weighted by Gasteiger charge is 2.45. The smallest absolute Gasteiger partial charge is 0.373 e. The third kappa shape index (κ3) is 4.15. The van der Waals surface area contributed by atoms with Gasteiger partial charge in [-0.1, -0.05) is 26.0 Å². The maximum absolute atomic E-state index is 10.7. The van der Waals surface area contributed by atoms with E-state index in [9.17, 15) is 4.79 Å². The van der Waals surface area contributed by atoms with Crippen molar-refractivity contribution in [1.29, 1.82) is 0 Å². The van der Waals surface area contributed by atoms with Crippen molar-refractivity contribution in [3.63, 3.8) is 0 Å². The molecule has 1 radical (unpaired) electrons. The molecular formula is C15H22BO3. The van der Waals surface area contributed by atoms with E-state index in [-0.39, 0.29) is 6.42 Å². The molecule has 19 heavy (non-hydrogen) atoms. The van der Waals surface area contributed by atoms with Gasteiger partial charge in [0, 0.05) is 6.42 Å². The van der Waals surface area contributed by atoms with Crippen LogP contribution in [0.3, 0.4) is 0 Å². The molecular weight excluding hydrogens is 239 g/mol. The molecule has 0 aromatic rings. The highest BCUT2D eigenvalue weighted by molar-refractivity contribution is 6.32. The van der Waals surface area contributed by atoms with Crippen LogP contribution in [-0.2, 0) is 9.45 Å². The first kappa shape index (κ1) is 14.2. The minimum absolute atomic E-state index is 0.143. The topological polar surface area (TPSA) is 46.5 Å². The zero-order valence-electron chi connectivity index (χ0n) is 11.8. The van der Waals surface area contributed by atoms with E-state index in [1.54, 1.807) is 0 Å². The Hall–Kier alpha value is -1.19. The van der Waals surface area contributed by atoms with Crippen molar-refractivity contribution in [3.05, 3.63) is 23.5 Å². The van der Waals surface area contributed by atoms with Gasteiger partial charge in [-0.05, 0) is 42.5 Å². The number of carboxylic acids is 1. The van der Waals surface area contributed by atoms with Gasteiger partial charge in [-0.25, -0.2) is 0 Å². The minimum atomic E-state index is -0.767. The fourth-order valence-corrected chi connectivity index (χ4v) is 2.45. The minimum Gasteiger partial charge on any atom is -0.565 e. The molecule has 2 aliphatic rings. The van der Waals surface area contributed by atoms with Crippen molar-refractivity contribution >= 4 is 13.5 Å². The van der Waals surface area contributed by atoms with Gasteiger partial charge in [0.05, 0.1) is 12.2 Å². The van der Waals surface area contributed by atoms with Gasteiger partial charge in [-0.3, -0.25) is 4.79 Å². The summed E-state index contributed by atoms with van der Waals surface area (Å²) in [5.74, 6) is 1.94. The number of rotatable bonds is 7. The quantitative estimate of drug-likeness (QED) is 0.713. The number of carbonyl (C=O) groups is 1. The van der Waals surface area contributed by atoms with E-state index in [1.165, 1.54) is 12.0 Å². The molecule has 2 atom stereocenters. The number of hydrogen-bond acceptors (Lipinski definition) is 2. The fourth-order valence-electron chi connectivity index (χ4n) is 2.45. The van der Waals surface area contributed by atoms with Gasteiger partial charge in [0.2, 0.25) is 0 Å². The van der Waals surface area contributed by atoms with Crippen LogP contribution in [0.4, 0.5) is 0 Å². The largest absolute Gasteiger partial charge is 0.565 e. The lowest BCUT2D eigenvalue weighted by Gasteiger charge is -2.18. The van der Waals surface area contributed by atoms with E-state index in [4.69, 9.17) is 9.76 Å². The van der Waals surface area contributed by atoms with Gasteiger partial charge < -0.3 is 9.76 Å². The van der Waals surface area contributed by atoms with Gasteiger partial charge in [-0.2, -0.15) is 0 Å². The van der Waals surface area contributed by atoms with Crippen molar-refractivity contribution in [3.8, 4) is 0 Å². The summed E-state index contributed by atoms with van der Waals surface area (Å²) in [7, 11) is 1.88. The van der Waals surface area contributed by atoms with Crippen LogP contribution in [0.2, 0.25) is 5.82 Å². The van der Waals surface area contributed by atoms with E-state index in [1.807, 2.05) is 7.48 Å². The van der Waals surface area contributed by atoms with E-state index < -0.39 is 5.97 Å². The van der Waals surface area contributed by atoms with Crippen LogP contribution in [0.5, 0.6) is 0 Å². The van der Waals surface area contributed by atoms with Crippen LogP contribution < -0.4 is 0 Å². The number of allylic oxidation sites excluding steroid dienone is 4. The maximum Gasteiger partial charge on any atom is 0.373 e. The Morgan fingerprint density at radius 1 is 1.58 bits per heavy atom. The molecule has 0 saturated heterocycles. The number of hydrogen-bond donors (Lipinski definition) is 1. The highest BCUT2D eigenvalue weighted by Crippen LogP contribution is 2.53. The molecule has 3 nitrogen and oxygen atoms in total. The van der Waals surface area contributed by atoms with Crippen molar-refractivity contribution < 1.29 is 14.6 Å². The molecule has 4 heteroatoms. The average Bonchev–Trinajstić information content (AvgIpc) is 3.11. The van der Waals surface area contributed by atoms with Gasteiger partial charge in [0.25, 0.3) is 0 Å². The molecule has 2 unspecified atom stereocenters. The third-order valence-electron chi connectivity index (χ3n) is 3.72. The van der Waals surface area contributed by atoms with Crippen molar-refractivity contribution in [1.82, 2.24) is 0 Å². The molecule has 0 aromatic carbocycles. The third-order valence-corrected chi connectivity index (χ3v) is 3.72. The summed E-state index contributed by atoms with van der Waals surface area (Å²) in [6.07, 6.45) is 8.43. The maximum atomic E-state index is 10.7.